The Morgan fingerprint density at radius 1 is 1.35 bits per heavy atom. The molecule has 6 heteroatoms. The van der Waals surface area contributed by atoms with Crippen molar-refractivity contribution >= 4 is 18.4 Å². The normalized spacial score (nSPS) is 11.7. The highest BCUT2D eigenvalue weighted by Crippen LogP contribution is 2.21. The molecule has 0 saturated heterocycles. The number of rotatable bonds is 7. The summed E-state index contributed by atoms with van der Waals surface area (Å²) in [5.41, 5.74) is 0.960. The fraction of sp³-hybridized carbons (Fsp3) is 0.471. The average molecular weight is 332 g/mol. The van der Waals surface area contributed by atoms with Gasteiger partial charge in [0.25, 0.3) is 0 Å². The molecule has 0 aliphatic heterocycles. The lowest BCUT2D eigenvalue weighted by Gasteiger charge is -2.11. The molecule has 0 saturated carbocycles. The minimum atomic E-state index is 0.145. The summed E-state index contributed by atoms with van der Waals surface area (Å²) < 4.78 is 7.93. The standard InChI is InChI=1S/C17H24N4OS/c1-5-14(6-2)16-19-20-17(23)21(16)18-11-13-8-7-9-15(10-13)22-12(3)4/h7-12,14H,5-6H2,1-4H3,(H,20,23)/b18-11-. The molecule has 0 spiro atoms. The second kappa shape index (κ2) is 8.06. The Morgan fingerprint density at radius 3 is 2.74 bits per heavy atom. The number of benzene rings is 1. The highest BCUT2D eigenvalue weighted by molar-refractivity contribution is 7.71. The largest absolute Gasteiger partial charge is 0.491 e. The molecule has 23 heavy (non-hydrogen) atoms. The van der Waals surface area contributed by atoms with E-state index in [1.807, 2.05) is 38.1 Å². The lowest BCUT2D eigenvalue weighted by molar-refractivity contribution is 0.242. The molecule has 1 aromatic carbocycles. The summed E-state index contributed by atoms with van der Waals surface area (Å²) in [4.78, 5) is 0. The van der Waals surface area contributed by atoms with Gasteiger partial charge in [0, 0.05) is 5.92 Å². The highest BCUT2D eigenvalue weighted by Gasteiger charge is 2.14. The summed E-state index contributed by atoms with van der Waals surface area (Å²) in [6, 6.07) is 7.84. The summed E-state index contributed by atoms with van der Waals surface area (Å²) in [7, 11) is 0. The van der Waals surface area contributed by atoms with E-state index < -0.39 is 0 Å². The third kappa shape index (κ3) is 4.51. The molecule has 1 heterocycles. The van der Waals surface area contributed by atoms with Gasteiger partial charge in [-0.05, 0) is 56.6 Å². The molecule has 0 amide bonds. The number of H-pyrrole nitrogens is 1. The van der Waals surface area contributed by atoms with Crippen LogP contribution in [0.2, 0.25) is 0 Å². The van der Waals surface area contributed by atoms with Crippen molar-refractivity contribution in [3.05, 3.63) is 40.4 Å². The molecule has 0 bridgehead atoms. The van der Waals surface area contributed by atoms with Crippen LogP contribution in [0.4, 0.5) is 0 Å². The van der Waals surface area contributed by atoms with Crippen molar-refractivity contribution in [2.75, 3.05) is 0 Å². The van der Waals surface area contributed by atoms with E-state index in [2.05, 4.69) is 29.1 Å². The lowest BCUT2D eigenvalue weighted by atomic mass is 10.0. The fourth-order valence-electron chi connectivity index (χ4n) is 2.40. The van der Waals surface area contributed by atoms with Crippen molar-refractivity contribution in [2.45, 2.75) is 52.6 Å². The van der Waals surface area contributed by atoms with E-state index in [1.165, 1.54) is 0 Å². The van der Waals surface area contributed by atoms with Gasteiger partial charge in [0.05, 0.1) is 12.3 Å². The van der Waals surface area contributed by atoms with Crippen molar-refractivity contribution in [3.8, 4) is 5.75 Å². The number of hydrogen-bond acceptors (Lipinski definition) is 4. The molecule has 0 radical (unpaired) electrons. The van der Waals surface area contributed by atoms with Crippen molar-refractivity contribution in [1.29, 1.82) is 0 Å². The average Bonchev–Trinajstić information content (AvgIpc) is 2.87. The molecule has 0 aliphatic carbocycles. The van der Waals surface area contributed by atoms with Crippen LogP contribution >= 0.6 is 12.2 Å². The topological polar surface area (TPSA) is 55.2 Å². The maximum atomic E-state index is 5.70. The molecule has 124 valence electrons. The van der Waals surface area contributed by atoms with Crippen LogP contribution in [-0.2, 0) is 0 Å². The number of aromatic amines is 1. The molecule has 1 N–H and O–H groups in total. The van der Waals surface area contributed by atoms with E-state index in [4.69, 9.17) is 17.0 Å². The molecular weight excluding hydrogens is 308 g/mol. The summed E-state index contributed by atoms with van der Waals surface area (Å²) in [6.45, 7) is 8.31. The third-order valence-electron chi connectivity index (χ3n) is 3.58. The van der Waals surface area contributed by atoms with Crippen LogP contribution in [0, 0.1) is 4.77 Å². The Bertz CT molecular complexity index is 713. The van der Waals surface area contributed by atoms with Crippen LogP contribution < -0.4 is 4.74 Å². The quantitative estimate of drug-likeness (QED) is 0.599. The Balaban J connectivity index is 2.27. The predicted molar refractivity (Wildman–Crippen MR) is 95.9 cm³/mol. The van der Waals surface area contributed by atoms with Crippen LogP contribution in [0.15, 0.2) is 29.4 Å². The Kier molecular flexibility index (Phi) is 6.10. The lowest BCUT2D eigenvalue weighted by Crippen LogP contribution is -2.06. The third-order valence-corrected chi connectivity index (χ3v) is 3.84. The number of nitrogens with one attached hydrogen (secondary N) is 1. The van der Waals surface area contributed by atoms with Gasteiger partial charge in [0.2, 0.25) is 4.77 Å². The van der Waals surface area contributed by atoms with Crippen LogP contribution in [0.3, 0.4) is 0 Å². The van der Waals surface area contributed by atoms with Crippen LogP contribution in [-0.4, -0.2) is 27.2 Å². The Hall–Kier alpha value is -1.95. The van der Waals surface area contributed by atoms with Crippen LogP contribution in [0.5, 0.6) is 5.75 Å². The maximum absolute atomic E-state index is 5.70. The van der Waals surface area contributed by atoms with Crippen molar-refractivity contribution < 1.29 is 4.74 Å². The zero-order valence-electron chi connectivity index (χ0n) is 14.1. The molecule has 0 fully saturated rings. The van der Waals surface area contributed by atoms with E-state index in [0.717, 1.165) is 30.0 Å². The molecule has 1 aromatic heterocycles. The molecule has 0 aliphatic rings. The van der Waals surface area contributed by atoms with E-state index in [-0.39, 0.29) is 6.10 Å². The first-order valence-electron chi connectivity index (χ1n) is 8.03. The number of hydrogen-bond donors (Lipinski definition) is 1. The number of aromatic nitrogens is 3. The second-order valence-corrected chi connectivity index (χ2v) is 6.08. The Morgan fingerprint density at radius 2 is 2.09 bits per heavy atom. The second-order valence-electron chi connectivity index (χ2n) is 5.70. The fourth-order valence-corrected chi connectivity index (χ4v) is 2.58. The summed E-state index contributed by atoms with van der Waals surface area (Å²) >= 11 is 5.29. The summed E-state index contributed by atoms with van der Waals surface area (Å²) in [5, 5.41) is 11.7. The van der Waals surface area contributed by atoms with E-state index in [1.54, 1.807) is 10.9 Å². The first kappa shape index (κ1) is 17.4. The van der Waals surface area contributed by atoms with E-state index in [9.17, 15) is 0 Å². The number of nitrogens with zero attached hydrogens (tertiary/aromatic N) is 3. The maximum Gasteiger partial charge on any atom is 0.216 e. The molecule has 2 aromatic rings. The highest BCUT2D eigenvalue weighted by atomic mass is 32.1. The minimum absolute atomic E-state index is 0.145. The first-order valence-corrected chi connectivity index (χ1v) is 8.44. The first-order chi connectivity index (χ1) is 11.0. The van der Waals surface area contributed by atoms with Gasteiger partial charge in [-0.1, -0.05) is 26.0 Å². The van der Waals surface area contributed by atoms with Gasteiger partial charge in [-0.15, -0.1) is 0 Å². The van der Waals surface area contributed by atoms with Gasteiger partial charge >= 0.3 is 0 Å². The van der Waals surface area contributed by atoms with Crippen molar-refractivity contribution in [2.24, 2.45) is 5.10 Å². The van der Waals surface area contributed by atoms with E-state index in [0.29, 0.717) is 10.7 Å². The van der Waals surface area contributed by atoms with Crippen LogP contribution in [0.1, 0.15) is 57.8 Å². The smallest absolute Gasteiger partial charge is 0.216 e. The van der Waals surface area contributed by atoms with Gasteiger partial charge in [0.1, 0.15) is 5.75 Å². The molecular formula is C17H24N4OS. The molecule has 0 unspecified atom stereocenters. The molecule has 0 atom stereocenters. The zero-order chi connectivity index (χ0) is 16.8. The SMILES string of the molecule is CCC(CC)c1n[nH]c(=S)n1/N=C\c1cccc(OC(C)C)c1. The Labute approximate surface area is 142 Å². The minimum Gasteiger partial charge on any atom is -0.491 e. The van der Waals surface area contributed by atoms with Gasteiger partial charge in [0.15, 0.2) is 5.82 Å². The van der Waals surface area contributed by atoms with Gasteiger partial charge < -0.3 is 4.74 Å². The summed E-state index contributed by atoms with van der Waals surface area (Å²) in [5.74, 6) is 2.06. The van der Waals surface area contributed by atoms with Crippen LogP contribution in [0.25, 0.3) is 0 Å². The zero-order valence-corrected chi connectivity index (χ0v) is 14.9. The summed E-state index contributed by atoms with van der Waals surface area (Å²) in [6.07, 6.45) is 3.93. The number of ether oxygens (including phenoxy) is 1. The molecule has 2 rings (SSSR count). The van der Waals surface area contributed by atoms with Gasteiger partial charge in [-0.2, -0.15) is 14.9 Å². The van der Waals surface area contributed by atoms with Gasteiger partial charge in [-0.3, -0.25) is 5.10 Å². The molecule has 5 nitrogen and oxygen atoms in total. The van der Waals surface area contributed by atoms with Gasteiger partial charge in [-0.25, -0.2) is 0 Å². The monoisotopic (exact) mass is 332 g/mol. The van der Waals surface area contributed by atoms with Crippen molar-refractivity contribution in [1.82, 2.24) is 14.9 Å². The van der Waals surface area contributed by atoms with Crippen molar-refractivity contribution in [3.63, 3.8) is 0 Å². The van der Waals surface area contributed by atoms with E-state index >= 15 is 0 Å². The predicted octanol–water partition coefficient (Wildman–Crippen LogP) is 4.51.